The van der Waals surface area contributed by atoms with Crippen LogP contribution in [0.1, 0.15) is 37.7 Å². The molecule has 0 aromatic carbocycles. The second-order valence-electron chi connectivity index (χ2n) is 4.01. The van der Waals surface area contributed by atoms with Crippen molar-refractivity contribution in [2.75, 3.05) is 25.2 Å². The molecule has 0 amide bonds. The highest BCUT2D eigenvalue weighted by molar-refractivity contribution is 7.13. The summed E-state index contributed by atoms with van der Waals surface area (Å²) in [6.45, 7) is 7.31. The van der Waals surface area contributed by atoms with Gasteiger partial charge >= 0.3 is 0 Å². The molecule has 96 valence electrons. The summed E-state index contributed by atoms with van der Waals surface area (Å²) >= 11 is 1.52. The van der Waals surface area contributed by atoms with E-state index in [9.17, 15) is 4.79 Å². The van der Waals surface area contributed by atoms with Gasteiger partial charge in [-0.05, 0) is 13.3 Å². The zero-order chi connectivity index (χ0) is 12.8. The molecule has 0 radical (unpaired) electrons. The lowest BCUT2D eigenvalue weighted by atomic mass is 10.2. The van der Waals surface area contributed by atoms with Gasteiger partial charge in [-0.15, -0.1) is 11.3 Å². The monoisotopic (exact) mass is 256 g/mol. The van der Waals surface area contributed by atoms with Crippen LogP contribution in [0.4, 0.5) is 5.13 Å². The SMILES string of the molecule is CCC(C)N(CCOC)c1nc(C(C)=O)cs1. The third-order valence-corrected chi connectivity index (χ3v) is 3.64. The maximum absolute atomic E-state index is 11.2. The van der Waals surface area contributed by atoms with Crippen LogP contribution in [0, 0.1) is 0 Å². The van der Waals surface area contributed by atoms with E-state index in [1.54, 1.807) is 14.0 Å². The van der Waals surface area contributed by atoms with Gasteiger partial charge in [0.05, 0.1) is 6.61 Å². The van der Waals surface area contributed by atoms with Crippen LogP contribution in [0.25, 0.3) is 0 Å². The molecule has 1 aromatic rings. The molecule has 17 heavy (non-hydrogen) atoms. The number of Topliss-reactive ketones (excluding diaryl/α,β-unsaturated/α-hetero) is 1. The first-order valence-electron chi connectivity index (χ1n) is 5.82. The number of carbonyl (C=O) groups is 1. The van der Waals surface area contributed by atoms with Crippen molar-refractivity contribution in [3.05, 3.63) is 11.1 Å². The molecule has 1 heterocycles. The number of rotatable bonds is 7. The predicted octanol–water partition coefficient (Wildman–Crippen LogP) is 2.60. The maximum atomic E-state index is 11.2. The highest BCUT2D eigenvalue weighted by Crippen LogP contribution is 2.23. The molecular formula is C12H20N2O2S. The van der Waals surface area contributed by atoms with Gasteiger partial charge in [0.25, 0.3) is 0 Å². The van der Waals surface area contributed by atoms with Crippen molar-refractivity contribution in [3.63, 3.8) is 0 Å². The number of anilines is 1. The van der Waals surface area contributed by atoms with Crippen molar-refractivity contribution in [2.24, 2.45) is 0 Å². The second kappa shape index (κ2) is 6.71. The van der Waals surface area contributed by atoms with E-state index in [4.69, 9.17) is 4.74 Å². The Morgan fingerprint density at radius 3 is 2.82 bits per heavy atom. The number of thiazole rings is 1. The largest absolute Gasteiger partial charge is 0.383 e. The van der Waals surface area contributed by atoms with Crippen LogP contribution in [0.5, 0.6) is 0 Å². The summed E-state index contributed by atoms with van der Waals surface area (Å²) in [4.78, 5) is 17.8. The van der Waals surface area contributed by atoms with Crippen molar-refractivity contribution in [2.45, 2.75) is 33.2 Å². The topological polar surface area (TPSA) is 42.4 Å². The Bertz CT molecular complexity index is 365. The van der Waals surface area contributed by atoms with Gasteiger partial charge in [0.2, 0.25) is 0 Å². The minimum Gasteiger partial charge on any atom is -0.383 e. The molecule has 0 saturated heterocycles. The van der Waals surface area contributed by atoms with Crippen molar-refractivity contribution in [1.82, 2.24) is 4.98 Å². The number of ketones is 1. The Labute approximate surface area is 107 Å². The number of hydrogen-bond donors (Lipinski definition) is 0. The van der Waals surface area contributed by atoms with E-state index < -0.39 is 0 Å². The molecule has 1 aromatic heterocycles. The smallest absolute Gasteiger partial charge is 0.186 e. The van der Waals surface area contributed by atoms with Crippen molar-refractivity contribution in [1.29, 1.82) is 0 Å². The Balaban J connectivity index is 2.83. The molecule has 0 saturated carbocycles. The second-order valence-corrected chi connectivity index (χ2v) is 4.85. The first-order valence-corrected chi connectivity index (χ1v) is 6.70. The molecule has 0 bridgehead atoms. The molecule has 1 rings (SSSR count). The standard InChI is InChI=1S/C12H20N2O2S/c1-5-9(2)14(6-7-16-4)12-13-11(8-17-12)10(3)15/h8-9H,5-7H2,1-4H3. The van der Waals surface area contributed by atoms with E-state index in [0.29, 0.717) is 18.3 Å². The van der Waals surface area contributed by atoms with E-state index >= 15 is 0 Å². The first-order chi connectivity index (χ1) is 8.10. The van der Waals surface area contributed by atoms with Gasteiger partial charge in [0.1, 0.15) is 5.69 Å². The van der Waals surface area contributed by atoms with Gasteiger partial charge in [0, 0.05) is 32.0 Å². The molecule has 0 aliphatic heterocycles. The summed E-state index contributed by atoms with van der Waals surface area (Å²) in [5.41, 5.74) is 0.552. The molecule has 0 aliphatic carbocycles. The molecular weight excluding hydrogens is 236 g/mol. The van der Waals surface area contributed by atoms with Gasteiger partial charge in [-0.25, -0.2) is 4.98 Å². The third-order valence-electron chi connectivity index (χ3n) is 2.76. The maximum Gasteiger partial charge on any atom is 0.186 e. The molecule has 0 N–H and O–H groups in total. The average molecular weight is 256 g/mol. The lowest BCUT2D eigenvalue weighted by molar-refractivity contribution is 0.101. The lowest BCUT2D eigenvalue weighted by Gasteiger charge is -2.27. The summed E-state index contributed by atoms with van der Waals surface area (Å²) in [6, 6.07) is 0.399. The van der Waals surface area contributed by atoms with Gasteiger partial charge < -0.3 is 9.64 Å². The Hall–Kier alpha value is -0.940. The number of aromatic nitrogens is 1. The van der Waals surface area contributed by atoms with E-state index in [-0.39, 0.29) is 5.78 Å². The number of carbonyl (C=O) groups excluding carboxylic acids is 1. The normalized spacial score (nSPS) is 12.5. The average Bonchev–Trinajstić information content (AvgIpc) is 2.78. The Morgan fingerprint density at radius 2 is 2.35 bits per heavy atom. The van der Waals surface area contributed by atoms with Crippen molar-refractivity contribution in [3.8, 4) is 0 Å². The van der Waals surface area contributed by atoms with Crippen LogP contribution in [0.2, 0.25) is 0 Å². The summed E-state index contributed by atoms with van der Waals surface area (Å²) in [7, 11) is 1.69. The summed E-state index contributed by atoms with van der Waals surface area (Å²) < 4.78 is 5.11. The number of nitrogens with zero attached hydrogens (tertiary/aromatic N) is 2. The zero-order valence-corrected chi connectivity index (χ0v) is 11.7. The fraction of sp³-hybridized carbons (Fsp3) is 0.667. The first kappa shape index (κ1) is 14.1. The van der Waals surface area contributed by atoms with Gasteiger partial charge in [0.15, 0.2) is 10.9 Å². The van der Waals surface area contributed by atoms with Gasteiger partial charge in [-0.3, -0.25) is 4.79 Å². The van der Waals surface area contributed by atoms with Crippen LogP contribution < -0.4 is 4.90 Å². The molecule has 0 spiro atoms. The summed E-state index contributed by atoms with van der Waals surface area (Å²) in [5.74, 6) is 0.0170. The molecule has 1 unspecified atom stereocenters. The van der Waals surface area contributed by atoms with Crippen molar-refractivity contribution >= 4 is 22.3 Å². The molecule has 4 nitrogen and oxygen atoms in total. The lowest BCUT2D eigenvalue weighted by Crippen LogP contribution is -2.35. The van der Waals surface area contributed by atoms with Crippen LogP contribution in [0.15, 0.2) is 5.38 Å². The van der Waals surface area contributed by atoms with E-state index in [0.717, 1.165) is 18.1 Å². The quantitative estimate of drug-likeness (QED) is 0.703. The highest BCUT2D eigenvalue weighted by atomic mass is 32.1. The van der Waals surface area contributed by atoms with Crippen molar-refractivity contribution < 1.29 is 9.53 Å². The number of methoxy groups -OCH3 is 1. The van der Waals surface area contributed by atoms with Crippen LogP contribution in [0.3, 0.4) is 0 Å². The zero-order valence-electron chi connectivity index (χ0n) is 10.9. The van der Waals surface area contributed by atoms with Gasteiger partial charge in [-0.1, -0.05) is 6.92 Å². The minimum absolute atomic E-state index is 0.0170. The van der Waals surface area contributed by atoms with Crippen LogP contribution in [-0.4, -0.2) is 37.1 Å². The Kier molecular flexibility index (Phi) is 5.58. The highest BCUT2D eigenvalue weighted by Gasteiger charge is 2.17. The molecule has 0 aliphatic rings. The molecule has 0 fully saturated rings. The fourth-order valence-corrected chi connectivity index (χ4v) is 2.47. The molecule has 1 atom stereocenters. The van der Waals surface area contributed by atoms with Gasteiger partial charge in [-0.2, -0.15) is 0 Å². The van der Waals surface area contributed by atoms with E-state index in [1.807, 2.05) is 5.38 Å². The third kappa shape index (κ3) is 3.78. The Morgan fingerprint density at radius 1 is 1.65 bits per heavy atom. The van der Waals surface area contributed by atoms with E-state index in [2.05, 4.69) is 23.7 Å². The summed E-state index contributed by atoms with van der Waals surface area (Å²) in [5, 5.41) is 2.72. The van der Waals surface area contributed by atoms with Crippen LogP contribution in [-0.2, 0) is 4.74 Å². The summed E-state index contributed by atoms with van der Waals surface area (Å²) in [6.07, 6.45) is 1.04. The van der Waals surface area contributed by atoms with E-state index in [1.165, 1.54) is 11.3 Å². The fourth-order valence-electron chi connectivity index (χ4n) is 1.47. The number of ether oxygens (including phenoxy) is 1. The van der Waals surface area contributed by atoms with Crippen LogP contribution >= 0.6 is 11.3 Å². The minimum atomic E-state index is 0.0170. The predicted molar refractivity (Wildman–Crippen MR) is 71.1 cm³/mol. The molecule has 5 heteroatoms. The number of hydrogen-bond acceptors (Lipinski definition) is 5.